The Hall–Kier alpha value is -0.0800. The lowest BCUT2D eigenvalue weighted by Crippen LogP contribution is -2.53. The maximum Gasteiger partial charge on any atom is 0.0171 e. The first-order valence-corrected chi connectivity index (χ1v) is 6.70. The van der Waals surface area contributed by atoms with Crippen LogP contribution < -0.4 is 11.5 Å². The first-order chi connectivity index (χ1) is 7.12. The maximum absolute atomic E-state index is 6.50. The third-order valence-corrected chi connectivity index (χ3v) is 4.40. The molecule has 4 N–H and O–H groups in total. The Morgan fingerprint density at radius 1 is 0.600 bits per heavy atom. The summed E-state index contributed by atoms with van der Waals surface area (Å²) < 4.78 is 0. The minimum Gasteiger partial charge on any atom is -0.325 e. The van der Waals surface area contributed by atoms with Crippen molar-refractivity contribution in [2.24, 2.45) is 11.5 Å². The largest absolute Gasteiger partial charge is 0.325 e. The van der Waals surface area contributed by atoms with Gasteiger partial charge >= 0.3 is 0 Å². The lowest BCUT2D eigenvalue weighted by atomic mass is 9.69. The number of rotatable bonds is 2. The van der Waals surface area contributed by atoms with Crippen molar-refractivity contribution >= 4 is 0 Å². The maximum atomic E-state index is 6.50. The fourth-order valence-corrected chi connectivity index (χ4v) is 3.57. The summed E-state index contributed by atoms with van der Waals surface area (Å²) in [4.78, 5) is 0. The molecule has 2 rings (SSSR count). The molecule has 2 aliphatic carbocycles. The minimum absolute atomic E-state index is 0.0738. The van der Waals surface area contributed by atoms with E-state index in [0.29, 0.717) is 0 Å². The van der Waals surface area contributed by atoms with Crippen LogP contribution in [0, 0.1) is 0 Å². The molecule has 0 heterocycles. The van der Waals surface area contributed by atoms with Gasteiger partial charge in [-0.25, -0.2) is 0 Å². The Balaban J connectivity index is 1.93. The van der Waals surface area contributed by atoms with E-state index >= 15 is 0 Å². The third-order valence-electron chi connectivity index (χ3n) is 4.40. The van der Waals surface area contributed by atoms with Gasteiger partial charge in [-0.05, 0) is 32.1 Å². The molecule has 88 valence electrons. The van der Waals surface area contributed by atoms with Gasteiger partial charge in [-0.2, -0.15) is 0 Å². The Bertz CT molecular complexity index is 179. The number of hydrogen-bond donors (Lipinski definition) is 2. The van der Waals surface area contributed by atoms with E-state index < -0.39 is 0 Å². The van der Waals surface area contributed by atoms with Crippen LogP contribution in [0.3, 0.4) is 0 Å². The van der Waals surface area contributed by atoms with E-state index in [1.165, 1.54) is 64.2 Å². The zero-order chi connectivity index (χ0) is 10.8. The van der Waals surface area contributed by atoms with Crippen LogP contribution in [0.15, 0.2) is 0 Å². The van der Waals surface area contributed by atoms with Gasteiger partial charge in [0.05, 0.1) is 0 Å². The van der Waals surface area contributed by atoms with E-state index in [2.05, 4.69) is 0 Å². The van der Waals surface area contributed by atoms with Crippen LogP contribution in [0.2, 0.25) is 0 Å². The van der Waals surface area contributed by atoms with E-state index in [9.17, 15) is 0 Å². The fraction of sp³-hybridized carbons (Fsp3) is 1.00. The molecular formula is C13H26N2. The second-order valence-corrected chi connectivity index (χ2v) is 6.02. The summed E-state index contributed by atoms with van der Waals surface area (Å²) in [5.74, 6) is 0. The van der Waals surface area contributed by atoms with Gasteiger partial charge in [0.1, 0.15) is 0 Å². The highest BCUT2D eigenvalue weighted by atomic mass is 14.8. The lowest BCUT2D eigenvalue weighted by Gasteiger charge is -2.43. The molecule has 0 amide bonds. The summed E-state index contributed by atoms with van der Waals surface area (Å²) in [6.07, 6.45) is 13.9. The molecule has 2 nitrogen and oxygen atoms in total. The topological polar surface area (TPSA) is 52.0 Å². The van der Waals surface area contributed by atoms with Crippen molar-refractivity contribution in [3.63, 3.8) is 0 Å². The van der Waals surface area contributed by atoms with Crippen molar-refractivity contribution in [2.45, 2.75) is 81.7 Å². The summed E-state index contributed by atoms with van der Waals surface area (Å²) in [6, 6.07) is 0. The summed E-state index contributed by atoms with van der Waals surface area (Å²) in [5, 5.41) is 0. The monoisotopic (exact) mass is 210 g/mol. The average Bonchev–Trinajstić information content (AvgIpc) is 2.18. The molecule has 0 radical (unpaired) electrons. The van der Waals surface area contributed by atoms with Crippen LogP contribution in [0.1, 0.15) is 70.6 Å². The van der Waals surface area contributed by atoms with E-state index in [0.717, 1.165) is 6.42 Å². The Morgan fingerprint density at radius 2 is 0.933 bits per heavy atom. The zero-order valence-electron chi connectivity index (χ0n) is 9.93. The molecule has 0 aromatic heterocycles. The van der Waals surface area contributed by atoms with Gasteiger partial charge in [0.2, 0.25) is 0 Å². The van der Waals surface area contributed by atoms with Gasteiger partial charge in [-0.3, -0.25) is 0 Å². The quantitative estimate of drug-likeness (QED) is 0.736. The van der Waals surface area contributed by atoms with Gasteiger partial charge in [0.15, 0.2) is 0 Å². The van der Waals surface area contributed by atoms with Gasteiger partial charge < -0.3 is 11.5 Å². The Kier molecular flexibility index (Phi) is 3.36. The molecule has 0 saturated heterocycles. The fourth-order valence-electron chi connectivity index (χ4n) is 3.57. The first-order valence-electron chi connectivity index (χ1n) is 6.70. The molecule has 0 aromatic rings. The van der Waals surface area contributed by atoms with E-state index in [-0.39, 0.29) is 11.1 Å². The molecule has 0 atom stereocenters. The highest BCUT2D eigenvalue weighted by Crippen LogP contribution is 2.37. The molecule has 0 spiro atoms. The third kappa shape index (κ3) is 2.94. The van der Waals surface area contributed by atoms with Crippen molar-refractivity contribution in [3.8, 4) is 0 Å². The van der Waals surface area contributed by atoms with Crippen molar-refractivity contribution in [3.05, 3.63) is 0 Å². The molecule has 2 saturated carbocycles. The van der Waals surface area contributed by atoms with Crippen molar-refractivity contribution in [1.29, 1.82) is 0 Å². The average molecular weight is 210 g/mol. The normalized spacial score (nSPS) is 30.0. The van der Waals surface area contributed by atoms with Gasteiger partial charge in [0.25, 0.3) is 0 Å². The van der Waals surface area contributed by atoms with E-state index in [1.807, 2.05) is 0 Å². The SMILES string of the molecule is NC1(CC2(N)CCCCC2)CCCCC1. The van der Waals surface area contributed by atoms with Crippen LogP contribution in [0.4, 0.5) is 0 Å². The van der Waals surface area contributed by atoms with Crippen LogP contribution in [-0.2, 0) is 0 Å². The van der Waals surface area contributed by atoms with Crippen LogP contribution in [0.25, 0.3) is 0 Å². The van der Waals surface area contributed by atoms with Crippen molar-refractivity contribution in [1.82, 2.24) is 0 Å². The first kappa shape index (κ1) is 11.4. The van der Waals surface area contributed by atoms with Crippen molar-refractivity contribution in [2.75, 3.05) is 0 Å². The highest BCUT2D eigenvalue weighted by molar-refractivity contribution is 4.98. The molecule has 2 heteroatoms. The van der Waals surface area contributed by atoms with Gasteiger partial charge in [-0.1, -0.05) is 38.5 Å². The van der Waals surface area contributed by atoms with E-state index in [4.69, 9.17) is 11.5 Å². The summed E-state index contributed by atoms with van der Waals surface area (Å²) in [6.45, 7) is 0. The van der Waals surface area contributed by atoms with Crippen LogP contribution in [0.5, 0.6) is 0 Å². The van der Waals surface area contributed by atoms with E-state index in [1.54, 1.807) is 0 Å². The smallest absolute Gasteiger partial charge is 0.0171 e. The molecule has 0 aliphatic heterocycles. The van der Waals surface area contributed by atoms with Gasteiger partial charge in [-0.15, -0.1) is 0 Å². The summed E-state index contributed by atoms with van der Waals surface area (Å²) in [7, 11) is 0. The second kappa shape index (κ2) is 4.42. The minimum atomic E-state index is 0.0738. The Morgan fingerprint density at radius 3 is 1.27 bits per heavy atom. The zero-order valence-corrected chi connectivity index (χ0v) is 9.93. The number of hydrogen-bond acceptors (Lipinski definition) is 2. The molecule has 2 fully saturated rings. The summed E-state index contributed by atoms with van der Waals surface area (Å²) >= 11 is 0. The van der Waals surface area contributed by atoms with Gasteiger partial charge in [0, 0.05) is 11.1 Å². The molecule has 0 unspecified atom stereocenters. The highest BCUT2D eigenvalue weighted by Gasteiger charge is 2.37. The summed E-state index contributed by atoms with van der Waals surface area (Å²) in [5.41, 5.74) is 13.1. The molecule has 15 heavy (non-hydrogen) atoms. The number of nitrogens with two attached hydrogens (primary N) is 2. The van der Waals surface area contributed by atoms with Crippen LogP contribution >= 0.6 is 0 Å². The predicted molar refractivity (Wildman–Crippen MR) is 64.6 cm³/mol. The molecule has 2 aliphatic rings. The predicted octanol–water partition coefficient (Wildman–Crippen LogP) is 2.70. The molecule has 0 aromatic carbocycles. The molecule has 0 bridgehead atoms. The Labute approximate surface area is 93.8 Å². The molecular weight excluding hydrogens is 184 g/mol. The lowest BCUT2D eigenvalue weighted by molar-refractivity contribution is 0.178. The van der Waals surface area contributed by atoms with Crippen LogP contribution in [-0.4, -0.2) is 11.1 Å². The van der Waals surface area contributed by atoms with Crippen molar-refractivity contribution < 1.29 is 0 Å². The standard InChI is InChI=1S/C13H26N2/c14-12(7-3-1-4-8-12)11-13(15)9-5-2-6-10-13/h1-11,14-15H2. The second-order valence-electron chi connectivity index (χ2n) is 6.02.